The standard InChI is InChI=1S/C18H23N3O3S.HI/c1-15(20-16-7-5-4-6-8-16)21(2)14-13-19-25(22,23)18-11-9-17(24-3)10-12-18;/h4-12,19H,13-14H2,1-3H3;1H. The van der Waals surface area contributed by atoms with Crippen molar-refractivity contribution < 1.29 is 41.7 Å². The van der Waals surface area contributed by atoms with Gasteiger partial charge in [0.25, 0.3) is 0 Å². The predicted molar refractivity (Wildman–Crippen MR) is 100.0 cm³/mol. The fraction of sp³-hybridized carbons (Fsp3) is 0.278. The van der Waals surface area contributed by atoms with Crippen LogP contribution < -0.4 is 38.8 Å². The second-order valence-electron chi connectivity index (χ2n) is 5.57. The molecule has 0 spiro atoms. The van der Waals surface area contributed by atoms with Crippen LogP contribution in [0, 0.1) is 0 Å². The molecule has 0 aromatic heterocycles. The van der Waals surface area contributed by atoms with Crippen LogP contribution in [0.1, 0.15) is 6.92 Å². The predicted octanol–water partition coefficient (Wildman–Crippen LogP) is -0.850. The van der Waals surface area contributed by atoms with E-state index in [9.17, 15) is 8.42 Å². The molecule has 2 N–H and O–H groups in total. The van der Waals surface area contributed by atoms with E-state index in [-0.39, 0.29) is 28.9 Å². The van der Waals surface area contributed by atoms with Gasteiger partial charge in [0, 0.05) is 13.5 Å². The van der Waals surface area contributed by atoms with Gasteiger partial charge in [-0.15, -0.1) is 0 Å². The lowest BCUT2D eigenvalue weighted by atomic mass is 10.3. The van der Waals surface area contributed by atoms with E-state index in [0.717, 1.165) is 11.5 Å². The zero-order valence-corrected chi connectivity index (χ0v) is 18.0. The lowest BCUT2D eigenvalue weighted by Crippen LogP contribution is -3.00. The number of nitrogens with one attached hydrogen (secondary N) is 2. The Morgan fingerprint density at radius 3 is 2.27 bits per heavy atom. The van der Waals surface area contributed by atoms with Crippen LogP contribution in [0.15, 0.2) is 59.5 Å². The summed E-state index contributed by atoms with van der Waals surface area (Å²) in [6, 6.07) is 16.1. The van der Waals surface area contributed by atoms with Gasteiger partial charge in [-0.1, -0.05) is 18.2 Å². The van der Waals surface area contributed by atoms with Crippen molar-refractivity contribution >= 4 is 21.5 Å². The molecule has 6 nitrogen and oxygen atoms in total. The Kier molecular flexibility index (Phi) is 9.03. The average Bonchev–Trinajstić information content (AvgIpc) is 2.62. The number of nitrogens with zero attached hydrogens (tertiary/aromatic N) is 1. The summed E-state index contributed by atoms with van der Waals surface area (Å²) in [5.41, 5.74) is 0.991. The normalized spacial score (nSPS) is 12.0. The molecule has 0 aliphatic rings. The second-order valence-corrected chi connectivity index (χ2v) is 7.34. The van der Waals surface area contributed by atoms with Gasteiger partial charge in [-0.05, 0) is 36.4 Å². The first kappa shape index (κ1) is 22.4. The van der Waals surface area contributed by atoms with Crippen LogP contribution in [0.25, 0.3) is 0 Å². The highest BCUT2D eigenvalue weighted by molar-refractivity contribution is 7.89. The molecule has 0 aliphatic carbocycles. The molecule has 26 heavy (non-hydrogen) atoms. The van der Waals surface area contributed by atoms with Crippen molar-refractivity contribution in [2.24, 2.45) is 0 Å². The number of sulfonamides is 1. The number of likely N-dealkylation sites (N-methyl/N-ethyl adjacent to an activating group) is 1. The molecule has 0 saturated heterocycles. The summed E-state index contributed by atoms with van der Waals surface area (Å²) in [5.74, 6) is 1.56. The summed E-state index contributed by atoms with van der Waals surface area (Å²) >= 11 is 0. The van der Waals surface area contributed by atoms with Crippen molar-refractivity contribution in [2.75, 3.05) is 32.6 Å². The minimum Gasteiger partial charge on any atom is -1.00 e. The van der Waals surface area contributed by atoms with Crippen LogP contribution in [-0.2, 0) is 10.0 Å². The summed E-state index contributed by atoms with van der Waals surface area (Å²) < 4.78 is 34.2. The van der Waals surface area contributed by atoms with Crippen molar-refractivity contribution in [3.63, 3.8) is 0 Å². The minimum absolute atomic E-state index is 0. The summed E-state index contributed by atoms with van der Waals surface area (Å²) in [4.78, 5) is 0.221. The Morgan fingerprint density at radius 2 is 1.69 bits per heavy atom. The molecule has 0 aliphatic heterocycles. The van der Waals surface area contributed by atoms with Crippen LogP contribution in [0.4, 0.5) is 5.69 Å². The molecule has 0 amide bonds. The molecule has 142 valence electrons. The van der Waals surface area contributed by atoms with E-state index >= 15 is 0 Å². The quantitative estimate of drug-likeness (QED) is 0.230. The maximum Gasteiger partial charge on any atom is 0.246 e. The number of methoxy groups -OCH3 is 1. The van der Waals surface area contributed by atoms with E-state index in [4.69, 9.17) is 4.74 Å². The van der Waals surface area contributed by atoms with Gasteiger partial charge < -0.3 is 28.7 Å². The first-order valence-corrected chi connectivity index (χ1v) is 9.41. The largest absolute Gasteiger partial charge is 1.00 e. The van der Waals surface area contributed by atoms with Gasteiger partial charge >= 0.3 is 0 Å². The lowest BCUT2D eigenvalue weighted by molar-refractivity contribution is -0.495. The van der Waals surface area contributed by atoms with E-state index in [2.05, 4.69) is 10.0 Å². The molecule has 0 unspecified atom stereocenters. The Morgan fingerprint density at radius 1 is 1.08 bits per heavy atom. The number of ether oxygens (including phenoxy) is 1. The fourth-order valence-corrected chi connectivity index (χ4v) is 3.20. The van der Waals surface area contributed by atoms with E-state index in [1.807, 2.05) is 48.9 Å². The van der Waals surface area contributed by atoms with Crippen molar-refractivity contribution in [1.29, 1.82) is 0 Å². The third-order valence-electron chi connectivity index (χ3n) is 3.78. The lowest BCUT2D eigenvalue weighted by Gasteiger charge is -2.09. The van der Waals surface area contributed by atoms with Crippen molar-refractivity contribution in [3.8, 4) is 5.75 Å². The second kappa shape index (κ2) is 10.5. The summed E-state index contributed by atoms with van der Waals surface area (Å²) in [5, 5.41) is 3.29. The number of para-hydroxylation sites is 1. The van der Waals surface area contributed by atoms with Crippen LogP contribution >= 0.6 is 0 Å². The molecular formula is C18H24IN3O3S. The molecule has 8 heteroatoms. The van der Waals surface area contributed by atoms with Crippen molar-refractivity contribution in [1.82, 2.24) is 4.72 Å². The first-order valence-electron chi connectivity index (χ1n) is 7.93. The number of anilines is 1. The van der Waals surface area contributed by atoms with Gasteiger partial charge in [0.15, 0.2) is 0 Å². The highest BCUT2D eigenvalue weighted by Gasteiger charge is 2.14. The first-order chi connectivity index (χ1) is 11.9. The molecule has 0 radical (unpaired) electrons. The number of rotatable bonds is 7. The van der Waals surface area contributed by atoms with Gasteiger partial charge in [-0.3, -0.25) is 4.58 Å². The fourth-order valence-electron chi connectivity index (χ4n) is 2.18. The maximum absolute atomic E-state index is 12.3. The molecule has 2 aromatic rings. The minimum atomic E-state index is -3.53. The summed E-state index contributed by atoms with van der Waals surface area (Å²) in [7, 11) is -0.0762. The zero-order chi connectivity index (χ0) is 18.3. The zero-order valence-electron chi connectivity index (χ0n) is 15.1. The molecule has 0 heterocycles. The van der Waals surface area contributed by atoms with Crippen molar-refractivity contribution in [2.45, 2.75) is 11.8 Å². The van der Waals surface area contributed by atoms with E-state index in [0.29, 0.717) is 18.8 Å². The Hall–Kier alpha value is -1.65. The average molecular weight is 489 g/mol. The third-order valence-corrected chi connectivity index (χ3v) is 5.26. The molecule has 2 aromatic carbocycles. The topological polar surface area (TPSA) is 70.4 Å². The van der Waals surface area contributed by atoms with Gasteiger partial charge in [0.1, 0.15) is 11.4 Å². The smallest absolute Gasteiger partial charge is 0.246 e. The monoisotopic (exact) mass is 489 g/mol. The van der Waals surface area contributed by atoms with Gasteiger partial charge in [-0.25, -0.2) is 18.5 Å². The third kappa shape index (κ3) is 6.58. The van der Waals surface area contributed by atoms with Crippen LogP contribution in [0.2, 0.25) is 0 Å². The van der Waals surface area contributed by atoms with E-state index in [1.54, 1.807) is 19.2 Å². The molecule has 0 atom stereocenters. The maximum atomic E-state index is 12.3. The summed E-state index contributed by atoms with van der Waals surface area (Å²) in [6.07, 6.45) is 0. The number of halogens is 1. The number of hydrogen-bond donors (Lipinski definition) is 2. The van der Waals surface area contributed by atoms with Crippen LogP contribution in [0.5, 0.6) is 5.75 Å². The highest BCUT2D eigenvalue weighted by atomic mass is 127. The number of hydrogen-bond acceptors (Lipinski definition) is 3. The highest BCUT2D eigenvalue weighted by Crippen LogP contribution is 2.15. The Labute approximate surface area is 172 Å². The number of amidine groups is 1. The molecule has 0 fully saturated rings. The van der Waals surface area contributed by atoms with Gasteiger partial charge in [0.05, 0.1) is 25.6 Å². The summed E-state index contributed by atoms with van der Waals surface area (Å²) in [6.45, 7) is 2.80. The van der Waals surface area contributed by atoms with Crippen molar-refractivity contribution in [3.05, 3.63) is 54.6 Å². The molecular weight excluding hydrogens is 465 g/mol. The van der Waals surface area contributed by atoms with E-state index in [1.165, 1.54) is 12.1 Å². The molecule has 2 rings (SSSR count). The van der Waals surface area contributed by atoms with Gasteiger partial charge in [-0.2, -0.15) is 0 Å². The Bertz CT molecular complexity index is 823. The van der Waals surface area contributed by atoms with Crippen LogP contribution in [0.3, 0.4) is 0 Å². The van der Waals surface area contributed by atoms with Crippen LogP contribution in [-0.4, -0.2) is 46.1 Å². The Balaban J connectivity index is 0.00000338. The SMILES string of the molecule is COc1ccc(S(=O)(=O)NCC[N+](C)=C(C)Nc2ccccc2)cc1.[I-]. The molecule has 0 bridgehead atoms. The van der Waals surface area contributed by atoms with E-state index < -0.39 is 10.0 Å². The number of benzene rings is 2. The van der Waals surface area contributed by atoms with Gasteiger partial charge in [0.2, 0.25) is 15.9 Å². The molecule has 0 saturated carbocycles.